The van der Waals surface area contributed by atoms with Gasteiger partial charge in [-0.15, -0.1) is 0 Å². The molecule has 86 valence electrons. The number of nitrogens with one attached hydrogen (secondary N) is 2. The minimum Gasteiger partial charge on any atom is -0.356 e. The van der Waals surface area contributed by atoms with E-state index in [-0.39, 0.29) is 5.91 Å². The van der Waals surface area contributed by atoms with E-state index in [2.05, 4.69) is 10.6 Å². The third-order valence-corrected chi connectivity index (χ3v) is 3.69. The number of hydrogen-bond acceptors (Lipinski definition) is 2. The molecule has 1 saturated heterocycles. The Morgan fingerprint density at radius 3 is 2.73 bits per heavy atom. The molecule has 0 aromatic carbocycles. The van der Waals surface area contributed by atoms with Crippen molar-refractivity contribution in [3.63, 3.8) is 0 Å². The lowest BCUT2D eigenvalue weighted by Gasteiger charge is -2.25. The molecule has 0 spiro atoms. The molecule has 1 atom stereocenters. The highest BCUT2D eigenvalue weighted by Crippen LogP contribution is 2.28. The molecule has 1 saturated carbocycles. The van der Waals surface area contributed by atoms with Crippen molar-refractivity contribution in [2.45, 2.75) is 51.0 Å². The van der Waals surface area contributed by atoms with Gasteiger partial charge < -0.3 is 10.6 Å². The standard InChI is InChI=1S/C12H22N2O/c15-12(9-11-5-2-7-13-11)14-8-6-10-3-1-4-10/h10-11,13H,1-9H2,(H,14,15). The van der Waals surface area contributed by atoms with E-state index < -0.39 is 0 Å². The van der Waals surface area contributed by atoms with Gasteiger partial charge in [-0.2, -0.15) is 0 Å². The van der Waals surface area contributed by atoms with Gasteiger partial charge in [-0.05, 0) is 31.7 Å². The predicted octanol–water partition coefficient (Wildman–Crippen LogP) is 1.43. The van der Waals surface area contributed by atoms with Crippen LogP contribution in [0.4, 0.5) is 0 Å². The van der Waals surface area contributed by atoms with Crippen molar-refractivity contribution in [3.8, 4) is 0 Å². The predicted molar refractivity (Wildman–Crippen MR) is 60.6 cm³/mol. The monoisotopic (exact) mass is 210 g/mol. The molecule has 2 aliphatic rings. The molecule has 1 heterocycles. The van der Waals surface area contributed by atoms with E-state index >= 15 is 0 Å². The molecule has 1 aliphatic carbocycles. The molecule has 0 aromatic heterocycles. The third kappa shape index (κ3) is 3.49. The van der Waals surface area contributed by atoms with Gasteiger partial charge >= 0.3 is 0 Å². The van der Waals surface area contributed by atoms with E-state index in [9.17, 15) is 4.79 Å². The first-order valence-corrected chi connectivity index (χ1v) is 6.34. The van der Waals surface area contributed by atoms with Gasteiger partial charge in [0, 0.05) is 19.0 Å². The number of hydrogen-bond donors (Lipinski definition) is 2. The lowest BCUT2D eigenvalue weighted by molar-refractivity contribution is -0.121. The van der Waals surface area contributed by atoms with Crippen LogP contribution in [0.2, 0.25) is 0 Å². The van der Waals surface area contributed by atoms with Crippen LogP contribution in [0.5, 0.6) is 0 Å². The smallest absolute Gasteiger partial charge is 0.221 e. The van der Waals surface area contributed by atoms with Crippen LogP contribution < -0.4 is 10.6 Å². The molecule has 1 amide bonds. The Bertz CT molecular complexity index is 208. The topological polar surface area (TPSA) is 41.1 Å². The number of amides is 1. The fourth-order valence-corrected chi connectivity index (χ4v) is 2.42. The second-order valence-corrected chi connectivity index (χ2v) is 4.93. The van der Waals surface area contributed by atoms with Gasteiger partial charge in [0.2, 0.25) is 5.91 Å². The Hall–Kier alpha value is -0.570. The van der Waals surface area contributed by atoms with E-state index in [0.29, 0.717) is 12.5 Å². The summed E-state index contributed by atoms with van der Waals surface area (Å²) in [5.74, 6) is 1.13. The summed E-state index contributed by atoms with van der Waals surface area (Å²) in [5.41, 5.74) is 0. The second-order valence-electron chi connectivity index (χ2n) is 4.93. The third-order valence-electron chi connectivity index (χ3n) is 3.69. The highest BCUT2D eigenvalue weighted by atomic mass is 16.1. The Balaban J connectivity index is 1.51. The Labute approximate surface area is 92.0 Å². The van der Waals surface area contributed by atoms with Crippen LogP contribution in [-0.4, -0.2) is 25.0 Å². The highest BCUT2D eigenvalue weighted by Gasteiger charge is 2.19. The van der Waals surface area contributed by atoms with Gasteiger partial charge in [0.25, 0.3) is 0 Å². The van der Waals surface area contributed by atoms with E-state index in [1.165, 1.54) is 32.1 Å². The van der Waals surface area contributed by atoms with Crippen molar-refractivity contribution < 1.29 is 4.79 Å². The van der Waals surface area contributed by atoms with Crippen LogP contribution in [0.25, 0.3) is 0 Å². The van der Waals surface area contributed by atoms with Crippen molar-refractivity contribution in [2.24, 2.45) is 5.92 Å². The van der Waals surface area contributed by atoms with Crippen molar-refractivity contribution in [2.75, 3.05) is 13.1 Å². The lowest BCUT2D eigenvalue weighted by atomic mass is 9.83. The summed E-state index contributed by atoms with van der Waals surface area (Å²) in [5, 5.41) is 6.38. The first-order valence-electron chi connectivity index (χ1n) is 6.34. The van der Waals surface area contributed by atoms with Crippen molar-refractivity contribution in [1.82, 2.24) is 10.6 Å². The van der Waals surface area contributed by atoms with Gasteiger partial charge in [0.1, 0.15) is 0 Å². The zero-order chi connectivity index (χ0) is 10.5. The van der Waals surface area contributed by atoms with Crippen LogP contribution in [-0.2, 0) is 4.79 Å². The molecule has 2 fully saturated rings. The molecule has 0 bridgehead atoms. The summed E-state index contributed by atoms with van der Waals surface area (Å²) in [6, 6.07) is 0.439. The zero-order valence-corrected chi connectivity index (χ0v) is 9.43. The fourth-order valence-electron chi connectivity index (χ4n) is 2.42. The van der Waals surface area contributed by atoms with Crippen molar-refractivity contribution >= 4 is 5.91 Å². The molecule has 2 N–H and O–H groups in total. The van der Waals surface area contributed by atoms with Crippen LogP contribution in [0.15, 0.2) is 0 Å². The Morgan fingerprint density at radius 2 is 2.13 bits per heavy atom. The maximum atomic E-state index is 11.5. The summed E-state index contributed by atoms with van der Waals surface area (Å²) < 4.78 is 0. The van der Waals surface area contributed by atoms with E-state index in [0.717, 1.165) is 25.4 Å². The molecule has 1 unspecified atom stereocenters. The average Bonchev–Trinajstić information content (AvgIpc) is 2.62. The largest absolute Gasteiger partial charge is 0.356 e. The Kier molecular flexibility index (Phi) is 4.01. The molecule has 1 aliphatic heterocycles. The number of carbonyl (C=O) groups excluding carboxylic acids is 1. The lowest BCUT2D eigenvalue weighted by Crippen LogP contribution is -2.33. The molecule has 3 nitrogen and oxygen atoms in total. The minimum atomic E-state index is 0.230. The SMILES string of the molecule is O=C(CC1CCCN1)NCCC1CCC1. The summed E-state index contributed by atoms with van der Waals surface area (Å²) in [6.45, 7) is 1.97. The summed E-state index contributed by atoms with van der Waals surface area (Å²) >= 11 is 0. The number of carbonyl (C=O) groups is 1. The van der Waals surface area contributed by atoms with Gasteiger partial charge in [-0.1, -0.05) is 19.3 Å². The maximum absolute atomic E-state index is 11.5. The quantitative estimate of drug-likeness (QED) is 0.721. The fraction of sp³-hybridized carbons (Fsp3) is 0.917. The second kappa shape index (κ2) is 5.50. The summed E-state index contributed by atoms with van der Waals surface area (Å²) in [4.78, 5) is 11.5. The van der Waals surface area contributed by atoms with Crippen LogP contribution in [0.3, 0.4) is 0 Å². The van der Waals surface area contributed by atoms with Crippen LogP contribution in [0, 0.1) is 5.92 Å². The van der Waals surface area contributed by atoms with Gasteiger partial charge in [0.05, 0.1) is 0 Å². The Morgan fingerprint density at radius 1 is 1.27 bits per heavy atom. The van der Waals surface area contributed by atoms with E-state index in [4.69, 9.17) is 0 Å². The molecule has 15 heavy (non-hydrogen) atoms. The van der Waals surface area contributed by atoms with Gasteiger partial charge in [0.15, 0.2) is 0 Å². The molecular formula is C12H22N2O. The van der Waals surface area contributed by atoms with Gasteiger partial charge in [-0.25, -0.2) is 0 Å². The molecule has 0 aromatic rings. The molecule has 2 rings (SSSR count). The van der Waals surface area contributed by atoms with Crippen LogP contribution >= 0.6 is 0 Å². The first-order chi connectivity index (χ1) is 7.34. The van der Waals surface area contributed by atoms with E-state index in [1.807, 2.05) is 0 Å². The molecular weight excluding hydrogens is 188 g/mol. The minimum absolute atomic E-state index is 0.230. The van der Waals surface area contributed by atoms with Crippen LogP contribution in [0.1, 0.15) is 44.9 Å². The maximum Gasteiger partial charge on any atom is 0.221 e. The van der Waals surface area contributed by atoms with Crippen molar-refractivity contribution in [3.05, 3.63) is 0 Å². The van der Waals surface area contributed by atoms with Gasteiger partial charge in [-0.3, -0.25) is 4.79 Å². The normalized spacial score (nSPS) is 26.3. The van der Waals surface area contributed by atoms with Crippen molar-refractivity contribution in [1.29, 1.82) is 0 Å². The average molecular weight is 210 g/mol. The van der Waals surface area contributed by atoms with E-state index in [1.54, 1.807) is 0 Å². The number of rotatable bonds is 5. The summed E-state index contributed by atoms with van der Waals surface area (Å²) in [7, 11) is 0. The molecule has 0 radical (unpaired) electrons. The first kappa shape index (κ1) is 10.9. The molecule has 3 heteroatoms. The zero-order valence-electron chi connectivity index (χ0n) is 9.43. The highest BCUT2D eigenvalue weighted by molar-refractivity contribution is 5.76. The summed E-state index contributed by atoms with van der Waals surface area (Å²) in [6.07, 6.45) is 8.38.